The van der Waals surface area contributed by atoms with E-state index in [4.69, 9.17) is 5.73 Å². The summed E-state index contributed by atoms with van der Waals surface area (Å²) in [4.78, 5) is 4.50. The topological polar surface area (TPSA) is 59.1 Å². The molecule has 1 atom stereocenters. The summed E-state index contributed by atoms with van der Waals surface area (Å²) in [5.41, 5.74) is 6.07. The van der Waals surface area contributed by atoms with Crippen molar-refractivity contribution in [2.24, 2.45) is 5.73 Å². The number of halogens is 1. The van der Waals surface area contributed by atoms with Gasteiger partial charge in [-0.05, 0) is 38.8 Å². The minimum atomic E-state index is -1.30. The molecule has 0 aliphatic rings. The summed E-state index contributed by atoms with van der Waals surface area (Å²) < 4.78 is 14.8. The van der Waals surface area contributed by atoms with Crippen LogP contribution in [0.1, 0.15) is 58.0 Å². The van der Waals surface area contributed by atoms with Crippen molar-refractivity contribution in [3.8, 4) is 0 Å². The number of allylic oxidation sites excluding steroid dienone is 3. The van der Waals surface area contributed by atoms with E-state index in [1.54, 1.807) is 39.0 Å². The van der Waals surface area contributed by atoms with Crippen LogP contribution in [0, 0.1) is 5.82 Å². The van der Waals surface area contributed by atoms with E-state index >= 15 is 0 Å². The Morgan fingerprint density at radius 1 is 1.45 bits per heavy atom. The molecule has 3 N–H and O–H groups in total. The molecule has 22 heavy (non-hydrogen) atoms. The van der Waals surface area contributed by atoms with Gasteiger partial charge in [-0.25, -0.2) is 9.37 Å². The van der Waals surface area contributed by atoms with Crippen LogP contribution >= 0.6 is 0 Å². The van der Waals surface area contributed by atoms with Gasteiger partial charge in [-0.15, -0.1) is 0 Å². The van der Waals surface area contributed by atoms with Crippen molar-refractivity contribution in [2.45, 2.75) is 52.1 Å². The van der Waals surface area contributed by atoms with Gasteiger partial charge in [-0.2, -0.15) is 0 Å². The van der Waals surface area contributed by atoms with E-state index in [-0.39, 0.29) is 16.7 Å². The molecule has 1 heterocycles. The second-order valence-electron chi connectivity index (χ2n) is 6.48. The SMILES string of the molecule is C=C/C=C(\C)c1nc(C(C)(CC)CN)cc(C(C)(C)O)c1F. The van der Waals surface area contributed by atoms with Crippen LogP contribution in [0.25, 0.3) is 5.57 Å². The summed E-state index contributed by atoms with van der Waals surface area (Å²) in [5, 5.41) is 10.3. The largest absolute Gasteiger partial charge is 0.386 e. The molecule has 0 saturated carbocycles. The summed E-state index contributed by atoms with van der Waals surface area (Å²) >= 11 is 0. The van der Waals surface area contributed by atoms with Crippen LogP contribution in [0.3, 0.4) is 0 Å². The Balaban J connectivity index is 3.73. The normalized spacial score (nSPS) is 15.5. The van der Waals surface area contributed by atoms with Crippen LogP contribution in [-0.2, 0) is 11.0 Å². The molecule has 0 radical (unpaired) electrons. The minimum Gasteiger partial charge on any atom is -0.386 e. The van der Waals surface area contributed by atoms with Crippen molar-refractivity contribution in [2.75, 3.05) is 6.54 Å². The zero-order valence-corrected chi connectivity index (χ0v) is 14.2. The Labute approximate surface area is 132 Å². The molecule has 1 unspecified atom stereocenters. The smallest absolute Gasteiger partial charge is 0.155 e. The van der Waals surface area contributed by atoms with Crippen LogP contribution in [0.5, 0.6) is 0 Å². The van der Waals surface area contributed by atoms with Crippen LogP contribution in [0.2, 0.25) is 0 Å². The number of nitrogens with zero attached hydrogens (tertiary/aromatic N) is 1. The first kappa shape index (κ1) is 18.5. The Morgan fingerprint density at radius 2 is 2.05 bits per heavy atom. The number of aliphatic hydroxyl groups is 1. The van der Waals surface area contributed by atoms with Gasteiger partial charge >= 0.3 is 0 Å². The molecule has 0 bridgehead atoms. The van der Waals surface area contributed by atoms with Crippen LogP contribution in [-0.4, -0.2) is 16.6 Å². The molecule has 0 saturated heterocycles. The van der Waals surface area contributed by atoms with Crippen molar-refractivity contribution < 1.29 is 9.50 Å². The fraction of sp³-hybridized carbons (Fsp3) is 0.500. The Morgan fingerprint density at radius 3 is 2.45 bits per heavy atom. The maximum atomic E-state index is 14.8. The number of pyridine rings is 1. The van der Waals surface area contributed by atoms with Crippen LogP contribution in [0.15, 0.2) is 24.8 Å². The third-order valence-electron chi connectivity index (χ3n) is 4.21. The number of hydrogen-bond acceptors (Lipinski definition) is 3. The third-order valence-corrected chi connectivity index (χ3v) is 4.21. The standard InChI is InChI=1S/C18H27FN2O/c1-7-9-12(3)16-15(19)13(17(4,5)22)10-14(21-16)18(6,8-2)11-20/h7,9-10,22H,1,8,11,20H2,2-6H3/b12-9+. The monoisotopic (exact) mass is 306 g/mol. The number of rotatable bonds is 6. The van der Waals surface area contributed by atoms with Crippen LogP contribution in [0.4, 0.5) is 4.39 Å². The zero-order valence-electron chi connectivity index (χ0n) is 14.2. The number of hydrogen-bond donors (Lipinski definition) is 2. The van der Waals surface area contributed by atoms with E-state index in [1.165, 1.54) is 0 Å². The molecule has 1 aromatic heterocycles. The highest BCUT2D eigenvalue weighted by atomic mass is 19.1. The fourth-order valence-electron chi connectivity index (χ4n) is 2.23. The first-order valence-electron chi connectivity index (χ1n) is 7.54. The molecule has 0 fully saturated rings. The highest BCUT2D eigenvalue weighted by Gasteiger charge is 2.31. The first-order chi connectivity index (χ1) is 10.1. The molecule has 122 valence electrons. The Kier molecular flexibility index (Phi) is 5.65. The van der Waals surface area contributed by atoms with E-state index in [0.29, 0.717) is 17.8 Å². The van der Waals surface area contributed by atoms with Gasteiger partial charge in [0.05, 0.1) is 5.60 Å². The van der Waals surface area contributed by atoms with Gasteiger partial charge in [0.25, 0.3) is 0 Å². The van der Waals surface area contributed by atoms with Gasteiger partial charge in [0.1, 0.15) is 5.69 Å². The maximum absolute atomic E-state index is 14.8. The average Bonchev–Trinajstić information content (AvgIpc) is 2.45. The van der Waals surface area contributed by atoms with Gasteiger partial charge in [0, 0.05) is 23.2 Å². The van der Waals surface area contributed by atoms with E-state index in [9.17, 15) is 9.50 Å². The lowest BCUT2D eigenvalue weighted by Crippen LogP contribution is -2.33. The maximum Gasteiger partial charge on any atom is 0.155 e. The lowest BCUT2D eigenvalue weighted by molar-refractivity contribution is 0.0740. The van der Waals surface area contributed by atoms with Gasteiger partial charge in [0.2, 0.25) is 0 Å². The van der Waals surface area contributed by atoms with Crippen molar-refractivity contribution >= 4 is 5.57 Å². The lowest BCUT2D eigenvalue weighted by atomic mass is 9.81. The number of aromatic nitrogens is 1. The Hall–Kier alpha value is -1.52. The summed E-state index contributed by atoms with van der Waals surface area (Å²) in [5.74, 6) is -0.498. The van der Waals surface area contributed by atoms with Crippen molar-refractivity contribution in [1.82, 2.24) is 4.98 Å². The first-order valence-corrected chi connectivity index (χ1v) is 7.54. The second kappa shape index (κ2) is 6.71. The van der Waals surface area contributed by atoms with Crippen LogP contribution < -0.4 is 5.73 Å². The second-order valence-corrected chi connectivity index (χ2v) is 6.48. The fourth-order valence-corrected chi connectivity index (χ4v) is 2.23. The van der Waals surface area contributed by atoms with Gasteiger partial charge < -0.3 is 10.8 Å². The molecular weight excluding hydrogens is 279 g/mol. The molecule has 0 aliphatic carbocycles. The number of nitrogens with two attached hydrogens (primary N) is 1. The molecule has 1 aromatic rings. The molecule has 4 heteroatoms. The van der Waals surface area contributed by atoms with E-state index in [2.05, 4.69) is 11.6 Å². The van der Waals surface area contributed by atoms with Crippen molar-refractivity contribution in [3.05, 3.63) is 47.6 Å². The highest BCUT2D eigenvalue weighted by Crippen LogP contribution is 2.33. The quantitative estimate of drug-likeness (QED) is 0.788. The minimum absolute atomic E-state index is 0.234. The summed E-state index contributed by atoms with van der Waals surface area (Å²) in [6.45, 7) is 13.0. The van der Waals surface area contributed by atoms with Gasteiger partial charge in [-0.1, -0.05) is 32.6 Å². The molecule has 0 aliphatic heterocycles. The van der Waals surface area contributed by atoms with Crippen molar-refractivity contribution in [3.63, 3.8) is 0 Å². The molecule has 0 aromatic carbocycles. The highest BCUT2D eigenvalue weighted by molar-refractivity contribution is 5.64. The zero-order chi connectivity index (χ0) is 17.1. The molecule has 1 rings (SSSR count). The average molecular weight is 306 g/mol. The summed E-state index contributed by atoms with van der Waals surface area (Å²) in [6.07, 6.45) is 4.07. The van der Waals surface area contributed by atoms with E-state index in [0.717, 1.165) is 6.42 Å². The summed E-state index contributed by atoms with van der Waals surface area (Å²) in [7, 11) is 0. The predicted molar refractivity (Wildman–Crippen MR) is 90.0 cm³/mol. The Bertz CT molecular complexity index is 581. The molecule has 0 amide bonds. The summed E-state index contributed by atoms with van der Waals surface area (Å²) in [6, 6.07) is 1.64. The lowest BCUT2D eigenvalue weighted by Gasteiger charge is -2.29. The molecular formula is C18H27FN2O. The van der Waals surface area contributed by atoms with E-state index in [1.807, 2.05) is 13.8 Å². The van der Waals surface area contributed by atoms with Gasteiger partial charge in [0.15, 0.2) is 5.82 Å². The van der Waals surface area contributed by atoms with Crippen molar-refractivity contribution in [1.29, 1.82) is 0 Å². The predicted octanol–water partition coefficient (Wildman–Crippen LogP) is 3.66. The molecule has 0 spiro atoms. The van der Waals surface area contributed by atoms with E-state index < -0.39 is 11.4 Å². The molecule has 3 nitrogen and oxygen atoms in total. The third kappa shape index (κ3) is 3.62. The van der Waals surface area contributed by atoms with Gasteiger partial charge in [-0.3, -0.25) is 0 Å².